The van der Waals surface area contributed by atoms with Crippen LogP contribution in [0.25, 0.3) is 0 Å². The van der Waals surface area contributed by atoms with E-state index in [1.807, 2.05) is 24.4 Å². The second-order valence-electron chi connectivity index (χ2n) is 12.2. The lowest BCUT2D eigenvalue weighted by Gasteiger charge is -2.33. The van der Waals surface area contributed by atoms with Gasteiger partial charge in [-0.05, 0) is 80.5 Å². The highest BCUT2D eigenvalue weighted by atomic mass is 16.5. The number of likely N-dealkylation sites (tertiary alicyclic amines) is 1. The minimum Gasteiger partial charge on any atom is -0.494 e. The van der Waals surface area contributed by atoms with Gasteiger partial charge in [-0.1, -0.05) is 30.3 Å². The zero-order valence-electron chi connectivity index (χ0n) is 26.7. The lowest BCUT2D eigenvalue weighted by Crippen LogP contribution is -2.41. The molecule has 2 aliphatic heterocycles. The number of anilines is 2. The number of fused-ring (bicyclic) bond motifs is 1. The summed E-state index contributed by atoms with van der Waals surface area (Å²) in [4.78, 5) is 35.1. The molecule has 240 valence electrons. The number of nitrogens with one attached hydrogen (secondary N) is 1. The summed E-state index contributed by atoms with van der Waals surface area (Å²) in [6, 6.07) is 18.2. The van der Waals surface area contributed by atoms with Crippen LogP contribution >= 0.6 is 0 Å². The Balaban J connectivity index is 1.04. The monoisotopic (exact) mass is 613 g/mol. The fraction of sp³-hybridized carbons (Fsp3) is 0.472. The van der Waals surface area contributed by atoms with E-state index < -0.39 is 0 Å². The van der Waals surface area contributed by atoms with Gasteiger partial charge in [0, 0.05) is 58.2 Å². The van der Waals surface area contributed by atoms with Crippen molar-refractivity contribution in [1.82, 2.24) is 14.8 Å². The van der Waals surface area contributed by atoms with E-state index in [2.05, 4.69) is 57.4 Å². The first-order valence-electron chi connectivity index (χ1n) is 16.3. The lowest BCUT2D eigenvalue weighted by atomic mass is 10.1. The van der Waals surface area contributed by atoms with Gasteiger partial charge in [-0.3, -0.25) is 19.5 Å². The molecule has 9 heteroatoms. The summed E-state index contributed by atoms with van der Waals surface area (Å²) < 4.78 is 12.2. The molecule has 0 unspecified atom stereocenters. The van der Waals surface area contributed by atoms with E-state index in [9.17, 15) is 9.59 Å². The number of unbranched alkanes of at least 4 members (excludes halogenated alkanes) is 2. The summed E-state index contributed by atoms with van der Waals surface area (Å²) in [5.41, 5.74) is 5.17. The number of pyridine rings is 1. The molecular formula is C36H47N5O4. The van der Waals surface area contributed by atoms with Crippen LogP contribution in [0.15, 0.2) is 67.0 Å². The molecule has 3 aromatic rings. The van der Waals surface area contributed by atoms with Crippen LogP contribution in [-0.2, 0) is 27.5 Å². The number of benzene rings is 2. The Hall–Kier alpha value is -3.79. The molecule has 1 N–H and O–H groups in total. The molecule has 1 saturated heterocycles. The van der Waals surface area contributed by atoms with Crippen molar-refractivity contribution in [1.29, 1.82) is 0 Å². The Morgan fingerprint density at radius 2 is 1.84 bits per heavy atom. The van der Waals surface area contributed by atoms with Crippen LogP contribution in [0.2, 0.25) is 0 Å². The zero-order chi connectivity index (χ0) is 31.4. The third-order valence-electron chi connectivity index (χ3n) is 8.81. The fourth-order valence-corrected chi connectivity index (χ4v) is 5.95. The van der Waals surface area contributed by atoms with Gasteiger partial charge in [0.1, 0.15) is 12.2 Å². The predicted octanol–water partition coefficient (Wildman–Crippen LogP) is 5.43. The van der Waals surface area contributed by atoms with E-state index in [1.54, 1.807) is 19.3 Å². The fourth-order valence-electron chi connectivity index (χ4n) is 5.95. The highest BCUT2D eigenvalue weighted by molar-refractivity contribution is 6.14. The van der Waals surface area contributed by atoms with Crippen molar-refractivity contribution in [3.63, 3.8) is 0 Å². The van der Waals surface area contributed by atoms with Crippen molar-refractivity contribution in [2.75, 3.05) is 56.6 Å². The van der Waals surface area contributed by atoms with Gasteiger partial charge in [0.25, 0.3) is 0 Å². The maximum absolute atomic E-state index is 12.2. The highest BCUT2D eigenvalue weighted by Gasteiger charge is 2.24. The number of amides is 2. The van der Waals surface area contributed by atoms with Gasteiger partial charge in [0.15, 0.2) is 0 Å². The number of hydrogen-bond acceptors (Lipinski definition) is 7. The van der Waals surface area contributed by atoms with Crippen molar-refractivity contribution in [3.05, 3.63) is 83.7 Å². The average Bonchev–Trinajstić information content (AvgIpc) is 3.16. The van der Waals surface area contributed by atoms with Crippen LogP contribution in [-0.4, -0.2) is 79.1 Å². The third kappa shape index (κ3) is 9.85. The summed E-state index contributed by atoms with van der Waals surface area (Å²) in [6.07, 6.45) is 9.13. The zero-order valence-corrected chi connectivity index (χ0v) is 26.7. The number of aromatic nitrogens is 1. The van der Waals surface area contributed by atoms with Gasteiger partial charge >= 0.3 is 0 Å². The first-order chi connectivity index (χ1) is 21.9. The molecule has 2 aliphatic rings. The topological polar surface area (TPSA) is 87.2 Å². The van der Waals surface area contributed by atoms with Gasteiger partial charge in [0.05, 0.1) is 30.7 Å². The Labute approximate surface area is 267 Å². The number of carbonyl (C=O) groups excluding carboxylic acids is 2. The second kappa shape index (κ2) is 16.5. The van der Waals surface area contributed by atoms with Gasteiger partial charge in [-0.2, -0.15) is 0 Å². The maximum Gasteiger partial charge on any atom is 0.236 e. The van der Waals surface area contributed by atoms with Crippen molar-refractivity contribution in [2.24, 2.45) is 0 Å². The molecule has 0 spiro atoms. The van der Waals surface area contributed by atoms with Crippen molar-refractivity contribution >= 4 is 23.2 Å². The summed E-state index contributed by atoms with van der Waals surface area (Å²) in [7, 11) is 1.69. The van der Waals surface area contributed by atoms with Gasteiger partial charge < -0.3 is 24.6 Å². The molecule has 1 fully saturated rings. The van der Waals surface area contributed by atoms with Crippen molar-refractivity contribution in [3.8, 4) is 5.75 Å². The minimum atomic E-state index is -0.289. The van der Waals surface area contributed by atoms with Crippen LogP contribution in [0, 0.1) is 6.92 Å². The van der Waals surface area contributed by atoms with Crippen molar-refractivity contribution in [2.45, 2.75) is 64.7 Å². The molecule has 0 bridgehead atoms. The summed E-state index contributed by atoms with van der Waals surface area (Å²) >= 11 is 0. The normalized spacial score (nSPS) is 16.0. The molecule has 2 aromatic carbocycles. The van der Waals surface area contributed by atoms with E-state index in [-0.39, 0.29) is 18.2 Å². The summed E-state index contributed by atoms with van der Waals surface area (Å²) in [5, 5.41) is 2.80. The van der Waals surface area contributed by atoms with Crippen LogP contribution in [0.4, 0.5) is 11.4 Å². The number of nitrogens with zero attached hydrogens (tertiary/aromatic N) is 4. The maximum atomic E-state index is 12.2. The van der Waals surface area contributed by atoms with E-state index >= 15 is 0 Å². The summed E-state index contributed by atoms with van der Waals surface area (Å²) in [6.45, 7) is 9.72. The first-order valence-corrected chi connectivity index (χ1v) is 16.3. The van der Waals surface area contributed by atoms with Gasteiger partial charge in [-0.15, -0.1) is 0 Å². The quantitative estimate of drug-likeness (QED) is 0.181. The molecular weight excluding hydrogens is 566 g/mol. The van der Waals surface area contributed by atoms with Crippen LogP contribution in [0.1, 0.15) is 55.2 Å². The van der Waals surface area contributed by atoms with E-state index in [0.29, 0.717) is 36.4 Å². The number of piperidine rings is 1. The Kier molecular flexibility index (Phi) is 12.0. The molecule has 5 rings (SSSR count). The van der Waals surface area contributed by atoms with Crippen LogP contribution in [0.3, 0.4) is 0 Å². The number of aryl methyl sites for hydroxylation is 1. The average molecular weight is 614 g/mol. The Morgan fingerprint density at radius 3 is 2.64 bits per heavy atom. The SMILES string of the molecule is Cc1ccccc1CN(CCCCCOc1ccc2c(c1)N(C)C(=O)CC(=O)N2)CCN1CCC(OCc2cccnc2)CC1. The predicted molar refractivity (Wildman–Crippen MR) is 177 cm³/mol. The number of ether oxygens (including phenoxy) is 2. The Morgan fingerprint density at radius 1 is 1.00 bits per heavy atom. The molecule has 9 nitrogen and oxygen atoms in total. The molecule has 0 saturated carbocycles. The van der Waals surface area contributed by atoms with Gasteiger partial charge in [0.2, 0.25) is 11.8 Å². The van der Waals surface area contributed by atoms with Crippen LogP contribution < -0.4 is 15.0 Å². The standard InChI is InChI=1S/C36H47N5O4/c1-28-9-4-5-11-30(28)26-41(21-20-40-18-14-31(15-19-40)45-27-29-10-8-16-37-25-29)17-6-3-7-22-44-32-12-13-33-34(23-32)39(2)36(43)24-35(42)38-33/h4-5,8-13,16,23,25,31H,3,6-7,14-15,17-22,24,26-27H2,1-2H3,(H,38,42). The second-order valence-corrected chi connectivity index (χ2v) is 12.2. The molecule has 0 radical (unpaired) electrons. The Bertz CT molecular complexity index is 1390. The smallest absolute Gasteiger partial charge is 0.236 e. The van der Waals surface area contributed by atoms with Gasteiger partial charge in [-0.25, -0.2) is 0 Å². The van der Waals surface area contributed by atoms with Crippen LogP contribution in [0.5, 0.6) is 5.75 Å². The van der Waals surface area contributed by atoms with E-state index in [4.69, 9.17) is 9.47 Å². The third-order valence-corrected chi connectivity index (χ3v) is 8.81. The largest absolute Gasteiger partial charge is 0.494 e. The minimum absolute atomic E-state index is 0.150. The summed E-state index contributed by atoms with van der Waals surface area (Å²) in [5.74, 6) is 0.188. The van der Waals surface area contributed by atoms with E-state index in [0.717, 1.165) is 76.9 Å². The highest BCUT2D eigenvalue weighted by Crippen LogP contribution is 2.32. The lowest BCUT2D eigenvalue weighted by molar-refractivity contribution is -0.124. The molecule has 3 heterocycles. The van der Waals surface area contributed by atoms with E-state index in [1.165, 1.54) is 16.0 Å². The first kappa shape index (κ1) is 32.6. The molecule has 1 aromatic heterocycles. The molecule has 2 amide bonds. The van der Waals surface area contributed by atoms with Crippen molar-refractivity contribution < 1.29 is 19.1 Å². The number of carbonyl (C=O) groups is 2. The molecule has 45 heavy (non-hydrogen) atoms. The number of rotatable bonds is 15. The molecule has 0 atom stereocenters. The molecule has 0 aliphatic carbocycles. The number of hydrogen-bond donors (Lipinski definition) is 1.